The zero-order chi connectivity index (χ0) is 22.9. The molecule has 3 aromatic rings. The van der Waals surface area contributed by atoms with Gasteiger partial charge in [-0.25, -0.2) is 4.79 Å². The summed E-state index contributed by atoms with van der Waals surface area (Å²) in [7, 11) is -4.37. The SMILES string of the molecule is Cc1cc(S(=O)(=O)O)ccc1N=Nc1c(O)[nH]c(=O)c(-[n+]2cccc(C(=O)O)c2)c1C. The number of aromatic carboxylic acids is 1. The molecule has 0 atom stereocenters. The van der Waals surface area contributed by atoms with Crippen molar-refractivity contribution in [2.75, 3.05) is 0 Å². The predicted molar refractivity (Wildman–Crippen MR) is 107 cm³/mol. The van der Waals surface area contributed by atoms with Crippen LogP contribution in [0.1, 0.15) is 21.5 Å². The van der Waals surface area contributed by atoms with E-state index in [4.69, 9.17) is 4.55 Å². The highest BCUT2D eigenvalue weighted by Crippen LogP contribution is 2.31. The molecule has 0 fully saturated rings. The summed E-state index contributed by atoms with van der Waals surface area (Å²) in [4.78, 5) is 25.6. The van der Waals surface area contributed by atoms with Crippen molar-refractivity contribution < 1.29 is 32.5 Å². The van der Waals surface area contributed by atoms with Crippen LogP contribution in [0.2, 0.25) is 0 Å². The largest absolute Gasteiger partial charge is 0.493 e. The third-order valence-corrected chi connectivity index (χ3v) is 5.26. The summed E-state index contributed by atoms with van der Waals surface area (Å²) < 4.78 is 32.9. The van der Waals surface area contributed by atoms with Crippen molar-refractivity contribution in [2.45, 2.75) is 18.7 Å². The number of carboxylic acid groups (broad SMARTS) is 1. The number of hydrogen-bond donors (Lipinski definition) is 4. The Balaban J connectivity index is 2.10. The van der Waals surface area contributed by atoms with Crippen LogP contribution in [0.25, 0.3) is 5.69 Å². The first-order valence-corrected chi connectivity index (χ1v) is 10.1. The highest BCUT2D eigenvalue weighted by molar-refractivity contribution is 7.85. The zero-order valence-electron chi connectivity index (χ0n) is 16.3. The number of pyridine rings is 2. The van der Waals surface area contributed by atoms with Gasteiger partial charge in [0.25, 0.3) is 15.8 Å². The molecule has 0 aliphatic heterocycles. The summed E-state index contributed by atoms with van der Waals surface area (Å²) in [6.45, 7) is 3.06. The molecule has 2 aromatic heterocycles. The number of rotatable bonds is 5. The second-order valence-corrected chi connectivity index (χ2v) is 7.97. The van der Waals surface area contributed by atoms with Crippen molar-refractivity contribution in [2.24, 2.45) is 10.2 Å². The van der Waals surface area contributed by atoms with Crippen LogP contribution >= 0.6 is 0 Å². The van der Waals surface area contributed by atoms with Crippen molar-refractivity contribution >= 4 is 27.5 Å². The smallest absolute Gasteiger partial charge is 0.341 e. The second-order valence-electron chi connectivity index (χ2n) is 6.55. The first-order chi connectivity index (χ1) is 14.5. The number of H-pyrrole nitrogens is 1. The summed E-state index contributed by atoms with van der Waals surface area (Å²) >= 11 is 0. The van der Waals surface area contributed by atoms with Crippen LogP contribution in [-0.2, 0) is 10.1 Å². The molecule has 0 unspecified atom stereocenters. The Bertz CT molecular complexity index is 1390. The van der Waals surface area contributed by atoms with Gasteiger partial charge in [0.05, 0.1) is 16.1 Å². The maximum Gasteiger partial charge on any atom is 0.341 e. The van der Waals surface area contributed by atoms with Gasteiger partial charge in [-0.1, -0.05) is 0 Å². The molecule has 160 valence electrons. The van der Waals surface area contributed by atoms with E-state index in [1.54, 1.807) is 6.92 Å². The van der Waals surface area contributed by atoms with Crippen LogP contribution in [0.15, 0.2) is 62.6 Å². The number of aromatic amines is 1. The van der Waals surface area contributed by atoms with Gasteiger partial charge in [-0.05, 0) is 43.7 Å². The number of aromatic hydroxyl groups is 1. The van der Waals surface area contributed by atoms with Gasteiger partial charge >= 0.3 is 11.5 Å². The molecule has 12 heteroatoms. The highest BCUT2D eigenvalue weighted by Gasteiger charge is 2.23. The summed E-state index contributed by atoms with van der Waals surface area (Å²) in [5.74, 6) is -1.72. The first-order valence-electron chi connectivity index (χ1n) is 8.69. The molecule has 4 N–H and O–H groups in total. The number of hydrogen-bond acceptors (Lipinski definition) is 7. The number of carbonyl (C=O) groups is 1. The minimum atomic E-state index is -4.37. The van der Waals surface area contributed by atoms with Crippen LogP contribution in [0.3, 0.4) is 0 Å². The van der Waals surface area contributed by atoms with E-state index in [-0.39, 0.29) is 33.1 Å². The molecular weight excluding hydrogens is 428 g/mol. The normalized spacial score (nSPS) is 11.7. The van der Waals surface area contributed by atoms with Crippen molar-refractivity contribution in [1.29, 1.82) is 0 Å². The minimum absolute atomic E-state index is 0.0355. The Labute approximate surface area is 175 Å². The van der Waals surface area contributed by atoms with Gasteiger partial charge in [0.1, 0.15) is 5.56 Å². The van der Waals surface area contributed by atoms with Gasteiger partial charge in [-0.2, -0.15) is 18.1 Å². The van der Waals surface area contributed by atoms with E-state index >= 15 is 0 Å². The Hall–Kier alpha value is -3.90. The van der Waals surface area contributed by atoms with E-state index in [1.165, 1.54) is 48.1 Å². The summed E-state index contributed by atoms with van der Waals surface area (Å²) in [5.41, 5.74) is 0.130. The first kappa shape index (κ1) is 21.8. The molecule has 2 heterocycles. The summed E-state index contributed by atoms with van der Waals surface area (Å²) in [6.07, 6.45) is 2.72. The third kappa shape index (κ3) is 4.49. The average Bonchev–Trinajstić information content (AvgIpc) is 2.68. The summed E-state index contributed by atoms with van der Waals surface area (Å²) in [5, 5.41) is 27.3. The molecule has 0 saturated heterocycles. The Morgan fingerprint density at radius 1 is 1.16 bits per heavy atom. The molecule has 1 aromatic carbocycles. The molecule has 0 aliphatic rings. The maximum atomic E-state index is 12.4. The molecule has 0 amide bonds. The van der Waals surface area contributed by atoms with Gasteiger partial charge in [-0.15, -0.1) is 5.11 Å². The lowest BCUT2D eigenvalue weighted by atomic mass is 10.2. The average molecular weight is 445 g/mol. The van der Waals surface area contributed by atoms with Crippen LogP contribution in [0, 0.1) is 13.8 Å². The summed E-state index contributed by atoms with van der Waals surface area (Å²) in [6, 6.07) is 6.50. The Kier molecular flexibility index (Phi) is 5.69. The number of aryl methyl sites for hydroxylation is 1. The number of nitrogens with one attached hydrogen (secondary N) is 1. The predicted octanol–water partition coefficient (Wildman–Crippen LogP) is 2.33. The van der Waals surface area contributed by atoms with Crippen molar-refractivity contribution in [3.8, 4) is 11.6 Å². The number of carboxylic acids is 1. The molecule has 31 heavy (non-hydrogen) atoms. The quantitative estimate of drug-likeness (QED) is 0.265. The van der Waals surface area contributed by atoms with E-state index in [0.717, 1.165) is 6.07 Å². The standard InChI is InChI=1S/C19H16N4O7S/c1-10-8-13(31(28,29)30)5-6-14(10)21-22-15-11(2)16(18(25)20-17(15)24)23-7-3-4-12(9-23)19(26)27/h3-9H,1-2H3,(H3-,20,21,24,25,26,27,28,29,30)/p+1. The lowest BCUT2D eigenvalue weighted by Gasteiger charge is -2.06. The molecule has 0 spiro atoms. The van der Waals surface area contributed by atoms with Crippen LogP contribution in [-0.4, -0.2) is 34.1 Å². The lowest BCUT2D eigenvalue weighted by molar-refractivity contribution is -0.597. The van der Waals surface area contributed by atoms with E-state index in [1.807, 2.05) is 0 Å². The van der Waals surface area contributed by atoms with E-state index in [0.29, 0.717) is 5.56 Å². The zero-order valence-corrected chi connectivity index (χ0v) is 17.1. The van der Waals surface area contributed by atoms with Gasteiger partial charge < -0.3 is 10.2 Å². The number of benzene rings is 1. The second kappa shape index (κ2) is 8.08. The number of azo groups is 1. The third-order valence-electron chi connectivity index (χ3n) is 4.41. The minimum Gasteiger partial charge on any atom is -0.493 e. The molecular formula is C19H17N4O7S+. The number of nitrogens with zero attached hydrogens (tertiary/aromatic N) is 3. The fraction of sp³-hybridized carbons (Fsp3) is 0.105. The van der Waals surface area contributed by atoms with Crippen LogP contribution in [0.5, 0.6) is 5.88 Å². The van der Waals surface area contributed by atoms with Crippen molar-refractivity contribution in [1.82, 2.24) is 4.98 Å². The van der Waals surface area contributed by atoms with Gasteiger partial charge in [0, 0.05) is 6.07 Å². The fourth-order valence-corrected chi connectivity index (χ4v) is 3.43. The molecule has 0 aliphatic carbocycles. The fourth-order valence-electron chi connectivity index (χ4n) is 2.86. The molecule has 3 rings (SSSR count). The topological polar surface area (TPSA) is 173 Å². The van der Waals surface area contributed by atoms with Crippen molar-refractivity contribution in [3.05, 3.63) is 69.8 Å². The van der Waals surface area contributed by atoms with Gasteiger partial charge in [0.15, 0.2) is 18.1 Å². The molecule has 0 bridgehead atoms. The van der Waals surface area contributed by atoms with Gasteiger partial charge in [-0.3, -0.25) is 14.3 Å². The molecule has 0 radical (unpaired) electrons. The van der Waals surface area contributed by atoms with E-state index in [9.17, 15) is 28.2 Å². The highest BCUT2D eigenvalue weighted by atomic mass is 32.2. The maximum absolute atomic E-state index is 12.4. The Morgan fingerprint density at radius 3 is 2.48 bits per heavy atom. The van der Waals surface area contributed by atoms with E-state index in [2.05, 4.69) is 15.2 Å². The lowest BCUT2D eigenvalue weighted by Crippen LogP contribution is -2.38. The van der Waals surface area contributed by atoms with Crippen LogP contribution < -0.4 is 10.1 Å². The van der Waals surface area contributed by atoms with Crippen molar-refractivity contribution in [3.63, 3.8) is 0 Å². The van der Waals surface area contributed by atoms with E-state index < -0.39 is 27.5 Å². The molecule has 11 nitrogen and oxygen atoms in total. The van der Waals surface area contributed by atoms with Gasteiger partial charge in [0.2, 0.25) is 5.88 Å². The van der Waals surface area contributed by atoms with Crippen LogP contribution in [0.4, 0.5) is 11.4 Å². The number of aromatic nitrogens is 2. The Morgan fingerprint density at radius 2 is 1.87 bits per heavy atom. The monoisotopic (exact) mass is 445 g/mol. The molecule has 0 saturated carbocycles.